The van der Waals surface area contributed by atoms with Crippen molar-refractivity contribution in [2.75, 3.05) is 0 Å². The minimum absolute atomic E-state index is 0.0266. The molecule has 5 N–H and O–H groups in total. The molecule has 0 bridgehead atoms. The highest BCUT2D eigenvalue weighted by molar-refractivity contribution is 6.39. The summed E-state index contributed by atoms with van der Waals surface area (Å²) in [7, 11) is 0. The Balaban J connectivity index is 1.47. The van der Waals surface area contributed by atoms with Gasteiger partial charge in [0.15, 0.2) is 5.78 Å². The van der Waals surface area contributed by atoms with Crippen molar-refractivity contribution in [1.29, 1.82) is 0 Å². The van der Waals surface area contributed by atoms with Gasteiger partial charge in [0.05, 0.1) is 24.8 Å². The van der Waals surface area contributed by atoms with E-state index in [-0.39, 0.29) is 38.2 Å². The van der Waals surface area contributed by atoms with Crippen LogP contribution in [-0.4, -0.2) is 57.3 Å². The number of nitrogens with two attached hydrogens (primary N) is 1. The Hall–Kier alpha value is -5.65. The lowest BCUT2D eigenvalue weighted by Crippen LogP contribution is -2.55. The molecule has 0 aliphatic heterocycles. The fourth-order valence-electron chi connectivity index (χ4n) is 6.36. The fourth-order valence-corrected chi connectivity index (χ4v) is 6.36. The number of Topliss-reactive ketones (excluding diaryl/α,β-unsaturated/α-hetero) is 2. The number of aromatic amines is 1. The van der Waals surface area contributed by atoms with Crippen molar-refractivity contribution < 1.29 is 33.5 Å². The lowest BCUT2D eigenvalue weighted by molar-refractivity contribution is -0.149. The molecule has 0 saturated carbocycles. The molecule has 5 unspecified atom stereocenters. The molecule has 12 heteroatoms. The van der Waals surface area contributed by atoms with Gasteiger partial charge in [-0.1, -0.05) is 107 Å². The van der Waals surface area contributed by atoms with E-state index in [0.717, 1.165) is 21.9 Å². The fraction of sp³-hybridized carbons (Fsp3) is 0.405. The van der Waals surface area contributed by atoms with E-state index >= 15 is 0 Å². The number of nitrogens with zero attached hydrogens (tertiary/aromatic N) is 1. The summed E-state index contributed by atoms with van der Waals surface area (Å²) in [5.41, 5.74) is 7.93. The Kier molecular flexibility index (Phi) is 15.2. The molecule has 1 aromatic heterocycles. The van der Waals surface area contributed by atoms with E-state index in [1.807, 2.05) is 93.6 Å². The zero-order valence-corrected chi connectivity index (χ0v) is 31.4. The van der Waals surface area contributed by atoms with Crippen molar-refractivity contribution in [2.45, 2.75) is 84.9 Å². The second-order valence-corrected chi connectivity index (χ2v) is 14.4. The molecule has 5 atom stereocenters. The van der Waals surface area contributed by atoms with Crippen LogP contribution in [0.15, 0.2) is 85.3 Å². The van der Waals surface area contributed by atoms with E-state index in [9.17, 15) is 28.8 Å². The molecule has 0 radical (unpaired) electrons. The third-order valence-corrected chi connectivity index (χ3v) is 9.62. The zero-order chi connectivity index (χ0) is 39.2. The monoisotopic (exact) mass is 737 g/mol. The van der Waals surface area contributed by atoms with Crippen LogP contribution in [-0.2, 0) is 53.0 Å². The van der Waals surface area contributed by atoms with Gasteiger partial charge in [-0.2, -0.15) is 0 Å². The number of hydrogen-bond donors (Lipinski definition) is 4. The van der Waals surface area contributed by atoms with Gasteiger partial charge in [-0.25, -0.2) is 4.98 Å². The largest absolute Gasteiger partial charge is 0.461 e. The molecule has 4 aromatic rings. The Morgan fingerprint density at radius 3 is 2.17 bits per heavy atom. The van der Waals surface area contributed by atoms with Crippen LogP contribution < -0.4 is 16.4 Å². The molecule has 1 heterocycles. The number of ketones is 2. The SMILES string of the molecule is CCC(C)C(NC(=O)C(CC(=O)OCc1ccccc1)CC(C)C)C(=O)C(=O)NC(Cc1cnc[nH]1)C(=O)CC(Cc1ccc2ccccc2c1)C(N)=O. The summed E-state index contributed by atoms with van der Waals surface area (Å²) in [5.74, 6) is -6.36. The average Bonchev–Trinajstić information content (AvgIpc) is 3.68. The number of amides is 3. The highest BCUT2D eigenvalue weighted by Crippen LogP contribution is 2.22. The number of rotatable bonds is 21. The van der Waals surface area contributed by atoms with Crippen LogP contribution in [0.25, 0.3) is 10.8 Å². The van der Waals surface area contributed by atoms with E-state index < -0.39 is 65.1 Å². The van der Waals surface area contributed by atoms with Crippen LogP contribution in [0.4, 0.5) is 0 Å². The van der Waals surface area contributed by atoms with E-state index in [0.29, 0.717) is 18.5 Å². The van der Waals surface area contributed by atoms with Crippen LogP contribution in [0.1, 0.15) is 70.2 Å². The van der Waals surface area contributed by atoms with Gasteiger partial charge in [0.1, 0.15) is 6.61 Å². The molecule has 0 fully saturated rings. The molecule has 0 saturated heterocycles. The summed E-state index contributed by atoms with van der Waals surface area (Å²) in [6.07, 6.45) is 3.41. The molecule has 0 aliphatic rings. The predicted molar refractivity (Wildman–Crippen MR) is 204 cm³/mol. The summed E-state index contributed by atoms with van der Waals surface area (Å²) in [4.78, 5) is 87.3. The Morgan fingerprint density at radius 2 is 1.52 bits per heavy atom. The summed E-state index contributed by atoms with van der Waals surface area (Å²) in [5, 5.41) is 7.34. The number of aromatic nitrogens is 2. The normalized spacial score (nSPS) is 14.0. The predicted octanol–water partition coefficient (Wildman–Crippen LogP) is 4.79. The smallest absolute Gasteiger partial charge is 0.306 e. The first-order valence-corrected chi connectivity index (χ1v) is 18.5. The first-order chi connectivity index (χ1) is 25.8. The third-order valence-electron chi connectivity index (χ3n) is 9.62. The molecule has 54 heavy (non-hydrogen) atoms. The lowest BCUT2D eigenvalue weighted by atomic mass is 9.89. The van der Waals surface area contributed by atoms with Crippen molar-refractivity contribution >= 4 is 46.0 Å². The van der Waals surface area contributed by atoms with Crippen LogP contribution >= 0.6 is 0 Å². The van der Waals surface area contributed by atoms with E-state index in [2.05, 4.69) is 20.6 Å². The van der Waals surface area contributed by atoms with Crippen LogP contribution in [0.3, 0.4) is 0 Å². The molecule has 3 amide bonds. The number of ether oxygens (including phenoxy) is 1. The van der Waals surface area contributed by atoms with Crippen molar-refractivity contribution in [3.8, 4) is 0 Å². The van der Waals surface area contributed by atoms with Crippen molar-refractivity contribution in [1.82, 2.24) is 20.6 Å². The Labute approximate surface area is 316 Å². The maximum Gasteiger partial charge on any atom is 0.306 e. The molecular weight excluding hydrogens is 686 g/mol. The highest BCUT2D eigenvalue weighted by Gasteiger charge is 2.36. The summed E-state index contributed by atoms with van der Waals surface area (Å²) in [6.45, 7) is 7.46. The van der Waals surface area contributed by atoms with Gasteiger partial charge in [0.25, 0.3) is 5.91 Å². The number of carbonyl (C=O) groups excluding carboxylic acids is 6. The number of primary amides is 1. The number of imidazole rings is 1. The Morgan fingerprint density at radius 1 is 0.815 bits per heavy atom. The first kappa shape index (κ1) is 41.1. The second-order valence-electron chi connectivity index (χ2n) is 14.4. The molecule has 286 valence electrons. The number of H-pyrrole nitrogens is 1. The third kappa shape index (κ3) is 12.2. The maximum atomic E-state index is 13.8. The topological polar surface area (TPSA) is 190 Å². The number of fused-ring (bicyclic) bond motifs is 1. The number of nitrogens with one attached hydrogen (secondary N) is 3. The number of carbonyl (C=O) groups is 6. The first-order valence-electron chi connectivity index (χ1n) is 18.5. The lowest BCUT2D eigenvalue weighted by Gasteiger charge is -2.27. The highest BCUT2D eigenvalue weighted by atomic mass is 16.5. The van der Waals surface area contributed by atoms with Gasteiger partial charge in [-0.15, -0.1) is 0 Å². The number of benzene rings is 3. The molecule has 12 nitrogen and oxygen atoms in total. The van der Waals surface area contributed by atoms with Gasteiger partial charge in [0.2, 0.25) is 17.6 Å². The van der Waals surface area contributed by atoms with Crippen molar-refractivity contribution in [3.63, 3.8) is 0 Å². The van der Waals surface area contributed by atoms with E-state index in [1.54, 1.807) is 6.92 Å². The molecule has 4 rings (SSSR count). The summed E-state index contributed by atoms with van der Waals surface area (Å²) >= 11 is 0. The molecule has 3 aromatic carbocycles. The standard InChI is InChI=1S/C42H51N5O7/c1-5-27(4)38(47-41(52)33(17-26(2)3)21-37(49)54-24-28-11-7-6-8-12-28)39(50)42(53)46-35(22-34-23-44-25-45-34)36(48)20-32(40(43)51)19-29-15-16-30-13-9-10-14-31(30)18-29/h6-16,18,23,25-27,32-33,35,38H,5,17,19-22,24H2,1-4H3,(H2,43,51)(H,44,45)(H,46,53)(H,47,52). The molecule has 0 spiro atoms. The minimum Gasteiger partial charge on any atom is -0.461 e. The van der Waals surface area contributed by atoms with Gasteiger partial charge in [-0.3, -0.25) is 28.8 Å². The van der Waals surface area contributed by atoms with E-state index in [4.69, 9.17) is 10.5 Å². The zero-order valence-electron chi connectivity index (χ0n) is 31.4. The Bertz CT molecular complexity index is 1890. The minimum atomic E-state index is -1.23. The van der Waals surface area contributed by atoms with Gasteiger partial charge in [-0.05, 0) is 46.6 Å². The van der Waals surface area contributed by atoms with Crippen molar-refractivity contribution in [3.05, 3.63) is 102 Å². The van der Waals surface area contributed by atoms with Gasteiger partial charge >= 0.3 is 5.97 Å². The van der Waals surface area contributed by atoms with Crippen molar-refractivity contribution in [2.24, 2.45) is 29.4 Å². The van der Waals surface area contributed by atoms with Gasteiger partial charge in [0, 0.05) is 36.6 Å². The second kappa shape index (κ2) is 20.0. The molecular formula is C42H51N5O7. The number of esters is 1. The van der Waals surface area contributed by atoms with E-state index in [1.165, 1.54) is 12.5 Å². The average molecular weight is 738 g/mol. The summed E-state index contributed by atoms with van der Waals surface area (Å²) < 4.78 is 5.43. The van der Waals surface area contributed by atoms with Gasteiger partial charge < -0.3 is 26.1 Å². The van der Waals surface area contributed by atoms with Crippen LogP contribution in [0, 0.1) is 23.7 Å². The maximum absolute atomic E-state index is 13.8. The molecule has 0 aliphatic carbocycles. The van der Waals surface area contributed by atoms with Crippen LogP contribution in [0.2, 0.25) is 0 Å². The summed E-state index contributed by atoms with van der Waals surface area (Å²) in [6, 6.07) is 20.3. The number of hydrogen-bond acceptors (Lipinski definition) is 8. The quantitative estimate of drug-likeness (QED) is 0.0693. The van der Waals surface area contributed by atoms with Crippen LogP contribution in [0.5, 0.6) is 0 Å².